The summed E-state index contributed by atoms with van der Waals surface area (Å²) < 4.78 is 5.50. The molecule has 0 heterocycles. The number of carbonyl (C=O) groups is 1. The van der Waals surface area contributed by atoms with Crippen molar-refractivity contribution in [3.05, 3.63) is 53.1 Å². The summed E-state index contributed by atoms with van der Waals surface area (Å²) >= 11 is 6.04. The molecular weight excluding hydrogens is 300 g/mol. The molecule has 0 aliphatic carbocycles. The molecule has 0 saturated heterocycles. The number of amides is 1. The SMILES string of the molecule is CCOc1ccccc1NCC(=O)Nc1ccc(C)c(Cl)c1. The minimum atomic E-state index is -0.147. The number of nitrogens with one attached hydrogen (secondary N) is 2. The van der Waals surface area contributed by atoms with Crippen LogP contribution in [0.5, 0.6) is 5.75 Å². The first-order valence-corrected chi connectivity index (χ1v) is 7.49. The van der Waals surface area contributed by atoms with Crippen molar-refractivity contribution in [2.75, 3.05) is 23.8 Å². The molecule has 0 atom stereocenters. The van der Waals surface area contributed by atoms with Gasteiger partial charge in [0.25, 0.3) is 0 Å². The molecule has 1 amide bonds. The first-order chi connectivity index (χ1) is 10.6. The Labute approximate surface area is 135 Å². The number of halogens is 1. The summed E-state index contributed by atoms with van der Waals surface area (Å²) in [5.41, 5.74) is 2.45. The van der Waals surface area contributed by atoms with E-state index in [-0.39, 0.29) is 12.5 Å². The third kappa shape index (κ3) is 4.40. The minimum Gasteiger partial charge on any atom is -0.492 e. The van der Waals surface area contributed by atoms with Crippen LogP contribution in [0.4, 0.5) is 11.4 Å². The van der Waals surface area contributed by atoms with Gasteiger partial charge >= 0.3 is 0 Å². The number of carbonyl (C=O) groups excluding carboxylic acids is 1. The van der Waals surface area contributed by atoms with Gasteiger partial charge in [-0.05, 0) is 43.7 Å². The van der Waals surface area contributed by atoms with Crippen LogP contribution >= 0.6 is 11.6 Å². The number of para-hydroxylation sites is 2. The van der Waals surface area contributed by atoms with Crippen molar-refractivity contribution >= 4 is 28.9 Å². The summed E-state index contributed by atoms with van der Waals surface area (Å²) in [7, 11) is 0. The topological polar surface area (TPSA) is 50.4 Å². The van der Waals surface area contributed by atoms with E-state index in [0.29, 0.717) is 17.3 Å². The molecule has 0 aliphatic rings. The van der Waals surface area contributed by atoms with Crippen molar-refractivity contribution in [2.45, 2.75) is 13.8 Å². The lowest BCUT2D eigenvalue weighted by Crippen LogP contribution is -2.22. The summed E-state index contributed by atoms with van der Waals surface area (Å²) in [4.78, 5) is 12.0. The predicted molar refractivity (Wildman–Crippen MR) is 90.9 cm³/mol. The molecule has 0 fully saturated rings. The summed E-state index contributed by atoms with van der Waals surface area (Å²) in [6.07, 6.45) is 0. The molecule has 0 unspecified atom stereocenters. The summed E-state index contributed by atoms with van der Waals surface area (Å²) in [6.45, 7) is 4.56. The molecule has 2 N–H and O–H groups in total. The second-order valence-corrected chi connectivity index (χ2v) is 5.20. The fourth-order valence-corrected chi connectivity index (χ4v) is 2.13. The zero-order valence-corrected chi connectivity index (χ0v) is 13.4. The lowest BCUT2D eigenvalue weighted by molar-refractivity contribution is -0.114. The fraction of sp³-hybridized carbons (Fsp3) is 0.235. The Morgan fingerprint density at radius 3 is 2.73 bits per heavy atom. The van der Waals surface area contributed by atoms with Crippen LogP contribution in [-0.4, -0.2) is 19.1 Å². The molecule has 5 heteroatoms. The van der Waals surface area contributed by atoms with Gasteiger partial charge in [0, 0.05) is 10.7 Å². The van der Waals surface area contributed by atoms with Crippen LogP contribution in [0.15, 0.2) is 42.5 Å². The van der Waals surface area contributed by atoms with Gasteiger partial charge < -0.3 is 15.4 Å². The Kier molecular flexibility index (Phi) is 5.67. The van der Waals surface area contributed by atoms with E-state index in [2.05, 4.69) is 10.6 Å². The fourth-order valence-electron chi connectivity index (χ4n) is 1.95. The Bertz CT molecular complexity index is 659. The van der Waals surface area contributed by atoms with E-state index in [0.717, 1.165) is 17.0 Å². The number of hydrogen-bond acceptors (Lipinski definition) is 3. The quantitative estimate of drug-likeness (QED) is 0.843. The lowest BCUT2D eigenvalue weighted by Gasteiger charge is -2.12. The molecule has 116 valence electrons. The van der Waals surface area contributed by atoms with E-state index in [4.69, 9.17) is 16.3 Å². The van der Waals surface area contributed by atoms with E-state index in [1.54, 1.807) is 6.07 Å². The van der Waals surface area contributed by atoms with Crippen LogP contribution in [0.3, 0.4) is 0 Å². The van der Waals surface area contributed by atoms with E-state index in [9.17, 15) is 4.79 Å². The molecule has 2 aromatic carbocycles. The van der Waals surface area contributed by atoms with Crippen LogP contribution in [-0.2, 0) is 4.79 Å². The molecule has 0 aliphatic heterocycles. The normalized spacial score (nSPS) is 10.1. The highest BCUT2D eigenvalue weighted by Gasteiger charge is 2.06. The molecule has 0 spiro atoms. The van der Waals surface area contributed by atoms with Crippen molar-refractivity contribution in [3.8, 4) is 5.75 Å². The number of aryl methyl sites for hydroxylation is 1. The standard InChI is InChI=1S/C17H19ClN2O2/c1-3-22-16-7-5-4-6-15(16)19-11-17(21)20-13-9-8-12(2)14(18)10-13/h4-10,19H,3,11H2,1-2H3,(H,20,21). The lowest BCUT2D eigenvalue weighted by atomic mass is 10.2. The van der Waals surface area contributed by atoms with Crippen LogP contribution in [0.25, 0.3) is 0 Å². The summed E-state index contributed by atoms with van der Waals surface area (Å²) in [5.74, 6) is 0.586. The highest BCUT2D eigenvalue weighted by molar-refractivity contribution is 6.31. The number of anilines is 2. The monoisotopic (exact) mass is 318 g/mol. The smallest absolute Gasteiger partial charge is 0.243 e. The molecule has 0 aromatic heterocycles. The van der Waals surface area contributed by atoms with Gasteiger partial charge in [0.05, 0.1) is 18.8 Å². The number of benzene rings is 2. The molecule has 22 heavy (non-hydrogen) atoms. The minimum absolute atomic E-state index is 0.147. The highest BCUT2D eigenvalue weighted by Crippen LogP contribution is 2.23. The first-order valence-electron chi connectivity index (χ1n) is 7.12. The zero-order chi connectivity index (χ0) is 15.9. The molecule has 0 bridgehead atoms. The average Bonchev–Trinajstić information content (AvgIpc) is 2.50. The molecule has 2 rings (SSSR count). The Hall–Kier alpha value is -2.20. The van der Waals surface area contributed by atoms with E-state index >= 15 is 0 Å². The second kappa shape index (κ2) is 7.71. The van der Waals surface area contributed by atoms with Crippen LogP contribution in [0.1, 0.15) is 12.5 Å². The first kappa shape index (κ1) is 16.2. The third-order valence-electron chi connectivity index (χ3n) is 3.08. The van der Waals surface area contributed by atoms with Gasteiger partial charge in [0.2, 0.25) is 5.91 Å². The van der Waals surface area contributed by atoms with Crippen molar-refractivity contribution in [1.29, 1.82) is 0 Å². The Balaban J connectivity index is 1.94. The van der Waals surface area contributed by atoms with E-state index < -0.39 is 0 Å². The van der Waals surface area contributed by atoms with E-state index in [1.165, 1.54) is 0 Å². The largest absolute Gasteiger partial charge is 0.492 e. The number of hydrogen-bond donors (Lipinski definition) is 2. The maximum atomic E-state index is 12.0. The van der Waals surface area contributed by atoms with Crippen LogP contribution in [0, 0.1) is 6.92 Å². The number of ether oxygens (including phenoxy) is 1. The molecule has 0 saturated carbocycles. The van der Waals surface area contributed by atoms with Crippen LogP contribution < -0.4 is 15.4 Å². The van der Waals surface area contributed by atoms with Crippen molar-refractivity contribution in [3.63, 3.8) is 0 Å². The van der Waals surface area contributed by atoms with Crippen molar-refractivity contribution in [2.24, 2.45) is 0 Å². The summed E-state index contributed by atoms with van der Waals surface area (Å²) in [5, 5.41) is 6.51. The van der Waals surface area contributed by atoms with Gasteiger partial charge in [-0.25, -0.2) is 0 Å². The van der Waals surface area contributed by atoms with Gasteiger partial charge in [0.1, 0.15) is 5.75 Å². The maximum absolute atomic E-state index is 12.0. The second-order valence-electron chi connectivity index (χ2n) is 4.79. The zero-order valence-electron chi connectivity index (χ0n) is 12.7. The van der Waals surface area contributed by atoms with Gasteiger partial charge in [-0.2, -0.15) is 0 Å². The highest BCUT2D eigenvalue weighted by atomic mass is 35.5. The predicted octanol–water partition coefficient (Wildman–Crippen LogP) is 4.10. The molecule has 0 radical (unpaired) electrons. The van der Waals surface area contributed by atoms with Gasteiger partial charge in [-0.15, -0.1) is 0 Å². The summed E-state index contributed by atoms with van der Waals surface area (Å²) in [6, 6.07) is 13.0. The Morgan fingerprint density at radius 1 is 1.23 bits per heavy atom. The maximum Gasteiger partial charge on any atom is 0.243 e. The van der Waals surface area contributed by atoms with Crippen LogP contribution in [0.2, 0.25) is 5.02 Å². The number of rotatable bonds is 6. The molecule has 2 aromatic rings. The van der Waals surface area contributed by atoms with Crippen molar-refractivity contribution < 1.29 is 9.53 Å². The molecular formula is C17H19ClN2O2. The molecule has 4 nitrogen and oxygen atoms in total. The van der Waals surface area contributed by atoms with E-state index in [1.807, 2.05) is 50.2 Å². The van der Waals surface area contributed by atoms with Crippen molar-refractivity contribution in [1.82, 2.24) is 0 Å². The third-order valence-corrected chi connectivity index (χ3v) is 3.49. The van der Waals surface area contributed by atoms with Gasteiger partial charge in [-0.3, -0.25) is 4.79 Å². The Morgan fingerprint density at radius 2 is 2.00 bits per heavy atom. The van der Waals surface area contributed by atoms with Gasteiger partial charge in [-0.1, -0.05) is 29.8 Å². The average molecular weight is 319 g/mol. The van der Waals surface area contributed by atoms with Gasteiger partial charge in [0.15, 0.2) is 0 Å².